The Balaban J connectivity index is 1.48. The van der Waals surface area contributed by atoms with Crippen molar-refractivity contribution in [3.8, 4) is 0 Å². The predicted molar refractivity (Wildman–Crippen MR) is 78.5 cm³/mol. The van der Waals surface area contributed by atoms with E-state index in [-0.39, 0.29) is 5.41 Å². The van der Waals surface area contributed by atoms with Crippen LogP contribution in [0.25, 0.3) is 0 Å². The molecule has 7 saturated carbocycles. The first-order chi connectivity index (χ1) is 10.9. The lowest BCUT2D eigenvalue weighted by atomic mass is 9.56. The smallest absolute Gasteiger partial charge is 0.129 e. The van der Waals surface area contributed by atoms with E-state index in [1.54, 1.807) is 0 Å². The Morgan fingerprint density at radius 1 is 0.955 bits per heavy atom. The van der Waals surface area contributed by atoms with Crippen LogP contribution in [0.4, 0.5) is 0 Å². The summed E-state index contributed by atoms with van der Waals surface area (Å²) in [6, 6.07) is 0. The van der Waals surface area contributed by atoms with Gasteiger partial charge < -0.3 is 9.53 Å². The van der Waals surface area contributed by atoms with Crippen molar-refractivity contribution >= 4 is 6.29 Å². The van der Waals surface area contributed by atoms with Gasteiger partial charge in [-0.25, -0.2) is 0 Å². The molecule has 0 N–H and O–H groups in total. The van der Waals surface area contributed by atoms with E-state index in [1.807, 2.05) is 0 Å². The standard InChI is InChI=1S/C20H22O2/c21-6-20-17-8-3-1-2-7(8)12-14(17)15-13-11-9(18(15)20)4-5-10(11)22-19(20)16(12)13/h1,3,6-19H,2,4-5H2/t7-,8-,9+,10+,11-,12-,13+,14-,15+,16-,17-,18+,19+,20-/m0/s1. The van der Waals surface area contributed by atoms with Crippen LogP contribution in [0, 0.1) is 70.5 Å². The van der Waals surface area contributed by atoms with E-state index in [2.05, 4.69) is 12.2 Å². The van der Waals surface area contributed by atoms with Gasteiger partial charge in [-0.1, -0.05) is 12.2 Å². The van der Waals surface area contributed by atoms with E-state index in [0.717, 1.165) is 53.3 Å². The first-order valence-electron chi connectivity index (χ1n) is 9.66. The van der Waals surface area contributed by atoms with Gasteiger partial charge in [0.1, 0.15) is 6.29 Å². The molecule has 0 spiro atoms. The highest BCUT2D eigenvalue weighted by Crippen LogP contribution is 2.88. The monoisotopic (exact) mass is 294 g/mol. The van der Waals surface area contributed by atoms with Crippen LogP contribution in [0.15, 0.2) is 12.2 Å². The fourth-order valence-electron chi connectivity index (χ4n) is 10.8. The lowest BCUT2D eigenvalue weighted by molar-refractivity contribution is -0.204. The van der Waals surface area contributed by atoms with Crippen LogP contribution in [0.3, 0.4) is 0 Å². The van der Waals surface area contributed by atoms with Crippen molar-refractivity contribution in [2.24, 2.45) is 70.5 Å². The Morgan fingerprint density at radius 3 is 2.77 bits per heavy atom. The summed E-state index contributed by atoms with van der Waals surface area (Å²) in [6.07, 6.45) is 11.2. The highest BCUT2D eigenvalue weighted by Gasteiger charge is 2.89. The number of allylic oxidation sites excluding steroid dienone is 2. The molecule has 0 aromatic rings. The van der Waals surface area contributed by atoms with E-state index in [0.29, 0.717) is 24.0 Å². The molecule has 0 unspecified atom stereocenters. The van der Waals surface area contributed by atoms with Gasteiger partial charge in [-0.3, -0.25) is 0 Å². The van der Waals surface area contributed by atoms with Crippen LogP contribution < -0.4 is 0 Å². The number of hydrogen-bond donors (Lipinski definition) is 0. The van der Waals surface area contributed by atoms with Gasteiger partial charge in [-0.05, 0) is 84.4 Å². The lowest BCUT2D eigenvalue weighted by Gasteiger charge is -2.54. The molecule has 9 bridgehead atoms. The molecule has 22 heavy (non-hydrogen) atoms. The quantitative estimate of drug-likeness (QED) is 0.549. The topological polar surface area (TPSA) is 26.3 Å². The van der Waals surface area contributed by atoms with Crippen molar-refractivity contribution < 1.29 is 9.53 Å². The third kappa shape index (κ3) is 0.719. The van der Waals surface area contributed by atoms with Crippen molar-refractivity contribution in [1.82, 2.24) is 0 Å². The predicted octanol–water partition coefficient (Wildman–Crippen LogP) is 2.54. The molecule has 2 heteroatoms. The van der Waals surface area contributed by atoms with E-state index >= 15 is 0 Å². The fraction of sp³-hybridized carbons (Fsp3) is 0.850. The minimum atomic E-state index is -0.0737. The number of fused-ring (bicyclic) bond motifs is 1. The molecule has 0 radical (unpaired) electrons. The second kappa shape index (κ2) is 2.90. The summed E-state index contributed by atoms with van der Waals surface area (Å²) in [5.41, 5.74) is -0.0737. The first kappa shape index (κ1) is 11.0. The summed E-state index contributed by atoms with van der Waals surface area (Å²) in [6.45, 7) is 0. The van der Waals surface area contributed by atoms with Gasteiger partial charge in [0.05, 0.1) is 17.6 Å². The Labute approximate surface area is 130 Å². The molecule has 14 atom stereocenters. The molecule has 9 aliphatic rings. The van der Waals surface area contributed by atoms with Crippen LogP contribution >= 0.6 is 0 Å². The number of rotatable bonds is 1. The largest absolute Gasteiger partial charge is 0.373 e. The number of aldehydes is 1. The average Bonchev–Trinajstić information content (AvgIpc) is 3.25. The Hall–Kier alpha value is -0.630. The summed E-state index contributed by atoms with van der Waals surface area (Å²) >= 11 is 0. The minimum Gasteiger partial charge on any atom is -0.373 e. The summed E-state index contributed by atoms with van der Waals surface area (Å²) in [7, 11) is 0. The van der Waals surface area contributed by atoms with Crippen LogP contribution in [0.2, 0.25) is 0 Å². The number of ether oxygens (including phenoxy) is 1. The van der Waals surface area contributed by atoms with Gasteiger partial charge in [0, 0.05) is 0 Å². The van der Waals surface area contributed by atoms with Crippen molar-refractivity contribution in [3.05, 3.63) is 12.2 Å². The SMILES string of the molecule is O=C[C@]12[C@@H]3[C@@H]4CC[C@H]5O[C@@H]1[C@H]1[C@H]6[C@H]7CC=C[C@@H]7[C@H]2[C@@H]6[C@H]3[C@H]1[C@@H]45. The lowest BCUT2D eigenvalue weighted by Crippen LogP contribution is -2.59. The summed E-state index contributed by atoms with van der Waals surface area (Å²) < 4.78 is 6.77. The van der Waals surface area contributed by atoms with E-state index in [4.69, 9.17) is 4.74 Å². The van der Waals surface area contributed by atoms with Gasteiger partial charge >= 0.3 is 0 Å². The Morgan fingerprint density at radius 2 is 1.86 bits per heavy atom. The fourth-order valence-corrected chi connectivity index (χ4v) is 10.8. The third-order valence-corrected chi connectivity index (χ3v) is 10.4. The molecule has 8 aliphatic carbocycles. The van der Waals surface area contributed by atoms with Crippen molar-refractivity contribution in [2.75, 3.05) is 0 Å². The zero-order valence-electron chi connectivity index (χ0n) is 12.7. The third-order valence-electron chi connectivity index (χ3n) is 10.4. The second-order valence-corrected chi connectivity index (χ2v) is 9.87. The Bertz CT molecular complexity index is 667. The van der Waals surface area contributed by atoms with Gasteiger partial charge in [0.25, 0.3) is 0 Å². The molecule has 0 aromatic heterocycles. The summed E-state index contributed by atoms with van der Waals surface area (Å²) in [5, 5.41) is 0. The second-order valence-electron chi connectivity index (χ2n) is 9.87. The van der Waals surface area contributed by atoms with Crippen LogP contribution in [0.1, 0.15) is 19.3 Å². The van der Waals surface area contributed by atoms with E-state index in [1.165, 1.54) is 25.5 Å². The van der Waals surface area contributed by atoms with Gasteiger partial charge in [0.2, 0.25) is 0 Å². The molecule has 0 amide bonds. The first-order valence-corrected chi connectivity index (χ1v) is 9.66. The normalized spacial score (nSPS) is 78.8. The highest BCUT2D eigenvalue weighted by atomic mass is 16.5. The zero-order chi connectivity index (χ0) is 14.0. The zero-order valence-corrected chi connectivity index (χ0v) is 12.7. The highest BCUT2D eigenvalue weighted by molar-refractivity contribution is 5.67. The molecule has 1 saturated heterocycles. The van der Waals surface area contributed by atoms with Crippen LogP contribution in [-0.4, -0.2) is 18.5 Å². The molecule has 114 valence electrons. The van der Waals surface area contributed by atoms with Gasteiger partial charge in [0.15, 0.2) is 0 Å². The summed E-state index contributed by atoms with van der Waals surface area (Å²) in [4.78, 5) is 12.6. The molecule has 8 fully saturated rings. The minimum absolute atomic E-state index is 0.0737. The number of carbonyl (C=O) groups is 1. The maximum Gasteiger partial charge on any atom is 0.129 e. The van der Waals surface area contributed by atoms with E-state index < -0.39 is 0 Å². The maximum atomic E-state index is 12.6. The van der Waals surface area contributed by atoms with Crippen molar-refractivity contribution in [1.29, 1.82) is 0 Å². The molecular formula is C20H22O2. The Kier molecular flexibility index (Phi) is 1.45. The van der Waals surface area contributed by atoms with Gasteiger partial charge in [-0.2, -0.15) is 0 Å². The van der Waals surface area contributed by atoms with Gasteiger partial charge in [-0.15, -0.1) is 0 Å². The number of carbonyl (C=O) groups excluding carboxylic acids is 1. The molecule has 9 rings (SSSR count). The molecule has 2 nitrogen and oxygen atoms in total. The average molecular weight is 294 g/mol. The molecular weight excluding hydrogens is 272 g/mol. The summed E-state index contributed by atoms with van der Waals surface area (Å²) in [5.74, 6) is 9.08. The maximum absolute atomic E-state index is 12.6. The molecule has 0 aromatic carbocycles. The van der Waals surface area contributed by atoms with Crippen LogP contribution in [-0.2, 0) is 9.53 Å². The van der Waals surface area contributed by atoms with E-state index in [9.17, 15) is 4.79 Å². The number of hydrogen-bond acceptors (Lipinski definition) is 2. The van der Waals surface area contributed by atoms with Crippen molar-refractivity contribution in [2.45, 2.75) is 31.5 Å². The van der Waals surface area contributed by atoms with Crippen LogP contribution in [0.5, 0.6) is 0 Å². The molecule has 1 aliphatic heterocycles. The van der Waals surface area contributed by atoms with Crippen molar-refractivity contribution in [3.63, 3.8) is 0 Å². The molecule has 1 heterocycles.